The minimum absolute atomic E-state index is 0.604. The highest BCUT2D eigenvalue weighted by molar-refractivity contribution is 6.02. The zero-order valence-electron chi connectivity index (χ0n) is 33.6. The van der Waals surface area contributed by atoms with Crippen LogP contribution in [0.5, 0.6) is 11.5 Å². The van der Waals surface area contributed by atoms with Gasteiger partial charge in [-0.05, 0) is 61.3 Å². The number of nitrogens with zero attached hydrogens (tertiary/aromatic N) is 2. The van der Waals surface area contributed by atoms with Crippen molar-refractivity contribution in [2.75, 3.05) is 0 Å². The van der Waals surface area contributed by atoms with E-state index in [9.17, 15) is 0 Å². The van der Waals surface area contributed by atoms with Crippen LogP contribution < -0.4 is 4.74 Å². The van der Waals surface area contributed by atoms with Gasteiger partial charge in [-0.2, -0.15) is 0 Å². The predicted octanol–water partition coefficient (Wildman–Crippen LogP) is 15.1. The summed E-state index contributed by atoms with van der Waals surface area (Å²) in [7, 11) is 0. The van der Waals surface area contributed by atoms with Crippen LogP contribution in [0.1, 0.15) is 22.3 Å². The monoisotopic (exact) mass is 788 g/mol. The van der Waals surface area contributed by atoms with Gasteiger partial charge in [0.1, 0.15) is 11.5 Å². The van der Waals surface area contributed by atoms with Gasteiger partial charge in [-0.15, -0.1) is 0 Å². The molecule has 0 atom stereocenters. The molecule has 1 spiro atoms. The van der Waals surface area contributed by atoms with Gasteiger partial charge in [0.25, 0.3) is 0 Å². The molecule has 0 fully saturated rings. The fraction of sp³-hybridized carbons (Fsp3) is 0.0169. The maximum absolute atomic E-state index is 7.17. The highest BCUT2D eigenvalue weighted by atomic mass is 16.5. The number of aromatic nitrogens is 2. The minimum atomic E-state index is -0.604. The lowest BCUT2D eigenvalue weighted by Crippen LogP contribution is -2.32. The zero-order valence-corrected chi connectivity index (χ0v) is 33.6. The molecule has 288 valence electrons. The molecule has 3 heteroatoms. The first-order valence-electron chi connectivity index (χ1n) is 21.2. The first-order valence-corrected chi connectivity index (χ1v) is 21.2. The van der Waals surface area contributed by atoms with Gasteiger partial charge in [0.2, 0.25) is 0 Å². The molecule has 0 radical (unpaired) electrons. The number of fused-ring (bicyclic) bond motifs is 14. The van der Waals surface area contributed by atoms with E-state index in [1.165, 1.54) is 38.9 Å². The Labute approximate surface area is 359 Å². The Kier molecular flexibility index (Phi) is 7.52. The van der Waals surface area contributed by atoms with Gasteiger partial charge in [0, 0.05) is 38.4 Å². The van der Waals surface area contributed by atoms with Gasteiger partial charge < -0.3 is 4.74 Å². The van der Waals surface area contributed by atoms with Gasteiger partial charge in [-0.3, -0.25) is 0 Å². The molecule has 62 heavy (non-hydrogen) atoms. The molecule has 0 unspecified atom stereocenters. The van der Waals surface area contributed by atoms with Crippen LogP contribution >= 0.6 is 0 Å². The summed E-state index contributed by atoms with van der Waals surface area (Å²) in [6.45, 7) is 0. The summed E-state index contributed by atoms with van der Waals surface area (Å²) >= 11 is 0. The first kappa shape index (κ1) is 34.7. The van der Waals surface area contributed by atoms with Gasteiger partial charge in [-0.1, -0.05) is 212 Å². The number of para-hydroxylation sites is 1. The van der Waals surface area contributed by atoms with E-state index >= 15 is 0 Å². The highest BCUT2D eigenvalue weighted by Gasteiger charge is 2.52. The number of rotatable bonds is 4. The summed E-state index contributed by atoms with van der Waals surface area (Å²) in [5.74, 6) is 2.55. The van der Waals surface area contributed by atoms with Crippen LogP contribution in [0.4, 0.5) is 0 Å². The van der Waals surface area contributed by atoms with E-state index in [0.717, 1.165) is 77.5 Å². The number of hydrogen-bond acceptors (Lipinski definition) is 3. The van der Waals surface area contributed by atoms with Crippen molar-refractivity contribution in [3.05, 3.63) is 241 Å². The Morgan fingerprint density at radius 2 is 0.855 bits per heavy atom. The summed E-state index contributed by atoms with van der Waals surface area (Å²) in [6.07, 6.45) is 0. The molecule has 0 amide bonds. The van der Waals surface area contributed by atoms with Crippen molar-refractivity contribution in [2.24, 2.45) is 0 Å². The van der Waals surface area contributed by atoms with Crippen LogP contribution in [-0.2, 0) is 5.41 Å². The van der Waals surface area contributed by atoms with E-state index in [4.69, 9.17) is 14.7 Å². The summed E-state index contributed by atoms with van der Waals surface area (Å²) in [5, 5.41) is 5.58. The van der Waals surface area contributed by atoms with Gasteiger partial charge in [0.15, 0.2) is 5.82 Å². The molecule has 10 aromatic carbocycles. The Hall–Kier alpha value is -8.14. The summed E-state index contributed by atoms with van der Waals surface area (Å²) in [5.41, 5.74) is 15.3. The van der Waals surface area contributed by atoms with E-state index in [2.05, 4.69) is 206 Å². The Morgan fingerprint density at radius 1 is 0.323 bits per heavy atom. The molecule has 1 aromatic heterocycles. The minimum Gasteiger partial charge on any atom is -0.455 e. The van der Waals surface area contributed by atoms with E-state index in [1.54, 1.807) is 0 Å². The molecule has 0 N–H and O–H groups in total. The highest BCUT2D eigenvalue weighted by Crippen LogP contribution is 2.65. The second kappa shape index (κ2) is 13.4. The zero-order chi connectivity index (χ0) is 40.8. The maximum Gasteiger partial charge on any atom is 0.160 e. The molecule has 1 aliphatic carbocycles. The average Bonchev–Trinajstić information content (AvgIpc) is 3.64. The van der Waals surface area contributed by atoms with E-state index < -0.39 is 5.41 Å². The normalized spacial score (nSPS) is 13.1. The Balaban J connectivity index is 0.974. The summed E-state index contributed by atoms with van der Waals surface area (Å²) < 4.78 is 7.17. The van der Waals surface area contributed by atoms with Crippen LogP contribution in [0.15, 0.2) is 218 Å². The molecule has 13 rings (SSSR count). The fourth-order valence-corrected chi connectivity index (χ4v) is 10.4. The van der Waals surface area contributed by atoms with E-state index in [1.807, 2.05) is 12.1 Å². The second-order valence-electron chi connectivity index (χ2n) is 16.4. The molecule has 3 nitrogen and oxygen atoms in total. The largest absolute Gasteiger partial charge is 0.455 e. The topological polar surface area (TPSA) is 35.0 Å². The third kappa shape index (κ3) is 5.00. The van der Waals surface area contributed by atoms with Gasteiger partial charge >= 0.3 is 0 Å². The van der Waals surface area contributed by atoms with Crippen LogP contribution in [0.25, 0.3) is 88.5 Å². The number of ether oxygens (including phenoxy) is 1. The van der Waals surface area contributed by atoms with Crippen LogP contribution in [0.3, 0.4) is 0 Å². The van der Waals surface area contributed by atoms with Crippen LogP contribution in [0, 0.1) is 0 Å². The fourth-order valence-electron chi connectivity index (χ4n) is 10.4. The third-order valence-electron chi connectivity index (χ3n) is 13.2. The third-order valence-corrected chi connectivity index (χ3v) is 13.2. The Bertz CT molecular complexity index is 3510. The quantitative estimate of drug-likeness (QED) is 0.178. The van der Waals surface area contributed by atoms with Crippen molar-refractivity contribution in [1.82, 2.24) is 9.97 Å². The van der Waals surface area contributed by atoms with E-state index in [-0.39, 0.29) is 0 Å². The van der Waals surface area contributed by atoms with Crippen LogP contribution in [0.2, 0.25) is 0 Å². The molecule has 11 aromatic rings. The smallest absolute Gasteiger partial charge is 0.160 e. The van der Waals surface area contributed by atoms with E-state index in [0.29, 0.717) is 5.82 Å². The molecule has 0 saturated carbocycles. The summed E-state index contributed by atoms with van der Waals surface area (Å²) in [6, 6.07) is 78.4. The molecule has 0 saturated heterocycles. The molecular formula is C59H36N2O. The van der Waals surface area contributed by atoms with Crippen molar-refractivity contribution in [3.8, 4) is 67.5 Å². The van der Waals surface area contributed by atoms with Gasteiger partial charge in [0.05, 0.1) is 16.6 Å². The van der Waals surface area contributed by atoms with Crippen molar-refractivity contribution in [1.29, 1.82) is 0 Å². The van der Waals surface area contributed by atoms with Crippen molar-refractivity contribution < 1.29 is 4.74 Å². The maximum atomic E-state index is 7.17. The second-order valence-corrected chi connectivity index (χ2v) is 16.4. The average molecular weight is 789 g/mol. The lowest BCUT2D eigenvalue weighted by molar-refractivity contribution is 0.447. The van der Waals surface area contributed by atoms with Crippen molar-refractivity contribution in [2.45, 2.75) is 5.41 Å². The van der Waals surface area contributed by atoms with Gasteiger partial charge in [-0.25, -0.2) is 9.97 Å². The SMILES string of the molecule is c1ccc(-c2ccc(-c3nc(-c4ccc(-c5cccc6c5-c5ccccc5C65c6ccc7ccccc7c6Oc6c5ccc5ccccc65)cc4)nc4ccccc34)cc2)cc1. The lowest BCUT2D eigenvalue weighted by atomic mass is 9.65. The number of hydrogen-bond donors (Lipinski definition) is 0. The Morgan fingerprint density at radius 3 is 1.58 bits per heavy atom. The number of benzene rings is 10. The summed E-state index contributed by atoms with van der Waals surface area (Å²) in [4.78, 5) is 10.4. The molecule has 1 aliphatic heterocycles. The molecular weight excluding hydrogens is 753 g/mol. The molecule has 2 heterocycles. The lowest BCUT2D eigenvalue weighted by Gasteiger charge is -2.40. The van der Waals surface area contributed by atoms with Crippen molar-refractivity contribution >= 4 is 32.4 Å². The molecule has 2 aliphatic rings. The molecule has 0 bridgehead atoms. The van der Waals surface area contributed by atoms with Crippen LogP contribution in [-0.4, -0.2) is 9.97 Å². The van der Waals surface area contributed by atoms with Crippen molar-refractivity contribution in [3.63, 3.8) is 0 Å². The predicted molar refractivity (Wildman–Crippen MR) is 254 cm³/mol. The first-order chi connectivity index (χ1) is 30.7. The standard InChI is InChI=1S/C59H36N2O/c1-2-13-37(14-3-1)38-25-29-42(30-26-38)55-48-20-9-11-24-53(48)60-58(61-55)43-31-27-41(28-32-43)44-21-12-23-50-54(44)47-19-8-10-22-49(47)59(50)51-35-33-39-15-4-6-17-45(39)56(51)62-57-46-18-7-5-16-40(46)34-36-52(57)59/h1-36H.